The summed E-state index contributed by atoms with van der Waals surface area (Å²) >= 11 is 5.87. The van der Waals surface area contributed by atoms with Crippen molar-refractivity contribution in [2.75, 3.05) is 7.11 Å². The van der Waals surface area contributed by atoms with Crippen LogP contribution in [0.25, 0.3) is 0 Å². The molecule has 0 spiro atoms. The largest absolute Gasteiger partial charge is 0.476 e. The number of halogens is 1. The molecule has 2 unspecified atom stereocenters. The zero-order chi connectivity index (χ0) is 17.7. The van der Waals surface area contributed by atoms with E-state index in [0.717, 1.165) is 10.2 Å². The molecule has 2 aromatic rings. The number of carboxylic acids is 1. The molecule has 0 aliphatic carbocycles. The van der Waals surface area contributed by atoms with Crippen molar-refractivity contribution in [3.63, 3.8) is 0 Å². The van der Waals surface area contributed by atoms with E-state index in [9.17, 15) is 9.59 Å². The number of ether oxygens (including phenoxy) is 1. The van der Waals surface area contributed by atoms with Crippen molar-refractivity contribution >= 4 is 23.5 Å². The van der Waals surface area contributed by atoms with Gasteiger partial charge < -0.3 is 15.2 Å². The number of benzene rings is 1. The molecule has 1 aromatic carbocycles. The number of hydrogen-bond acceptors (Lipinski definition) is 5. The Morgan fingerprint density at radius 1 is 1.38 bits per heavy atom. The van der Waals surface area contributed by atoms with E-state index in [4.69, 9.17) is 21.4 Å². The number of nitrogens with zero attached hydrogens (tertiary/aromatic N) is 3. The predicted octanol–water partition coefficient (Wildman–Crippen LogP) is 1.52. The standard InChI is InChI=1S/C15H17ClN4O4/c1-9(14(24-2)10-3-5-11(16)6-4-10)17-13(21)8-20-7-12(15(22)23)18-19-20/h3-7,9,14H,8H2,1-2H3,(H,17,21)(H,22,23). The van der Waals surface area contributed by atoms with E-state index in [1.165, 1.54) is 6.20 Å². The summed E-state index contributed by atoms with van der Waals surface area (Å²) in [5.41, 5.74) is 0.662. The summed E-state index contributed by atoms with van der Waals surface area (Å²) < 4.78 is 6.62. The highest BCUT2D eigenvalue weighted by molar-refractivity contribution is 6.30. The molecule has 24 heavy (non-hydrogen) atoms. The van der Waals surface area contributed by atoms with Gasteiger partial charge in [-0.15, -0.1) is 5.10 Å². The van der Waals surface area contributed by atoms with Gasteiger partial charge in [-0.1, -0.05) is 28.9 Å². The Balaban J connectivity index is 1.98. The number of rotatable bonds is 7. The van der Waals surface area contributed by atoms with Gasteiger partial charge in [0, 0.05) is 12.1 Å². The van der Waals surface area contributed by atoms with Crippen LogP contribution in [-0.2, 0) is 16.1 Å². The van der Waals surface area contributed by atoms with Crippen molar-refractivity contribution in [3.8, 4) is 0 Å². The van der Waals surface area contributed by atoms with Crippen LogP contribution < -0.4 is 5.32 Å². The van der Waals surface area contributed by atoms with Gasteiger partial charge in [0.05, 0.1) is 12.2 Å². The Kier molecular flexibility index (Phi) is 5.88. The van der Waals surface area contributed by atoms with Crippen LogP contribution in [0, 0.1) is 0 Å². The molecule has 0 bridgehead atoms. The average molecular weight is 353 g/mol. The fourth-order valence-corrected chi connectivity index (χ4v) is 2.40. The van der Waals surface area contributed by atoms with E-state index in [2.05, 4.69) is 15.6 Å². The number of carbonyl (C=O) groups is 2. The molecule has 9 heteroatoms. The van der Waals surface area contributed by atoms with Gasteiger partial charge in [0.1, 0.15) is 12.6 Å². The number of carbonyl (C=O) groups excluding carboxylic acids is 1. The first-order valence-corrected chi connectivity index (χ1v) is 7.49. The molecule has 0 saturated heterocycles. The normalized spacial score (nSPS) is 13.3. The van der Waals surface area contributed by atoms with Gasteiger partial charge in [-0.3, -0.25) is 4.79 Å². The Labute approximate surface area is 143 Å². The van der Waals surface area contributed by atoms with Gasteiger partial charge in [0.2, 0.25) is 5.91 Å². The molecular formula is C15H17ClN4O4. The van der Waals surface area contributed by atoms with Crippen molar-refractivity contribution in [1.82, 2.24) is 20.3 Å². The van der Waals surface area contributed by atoms with Crippen molar-refractivity contribution in [2.45, 2.75) is 25.6 Å². The fourth-order valence-electron chi connectivity index (χ4n) is 2.28. The van der Waals surface area contributed by atoms with Crippen LogP contribution in [0.2, 0.25) is 5.02 Å². The molecule has 2 atom stereocenters. The highest BCUT2D eigenvalue weighted by Crippen LogP contribution is 2.22. The van der Waals surface area contributed by atoms with Crippen LogP contribution in [0.5, 0.6) is 0 Å². The van der Waals surface area contributed by atoms with Crippen molar-refractivity contribution in [2.24, 2.45) is 0 Å². The first-order valence-electron chi connectivity index (χ1n) is 7.11. The summed E-state index contributed by atoms with van der Waals surface area (Å²) in [4.78, 5) is 22.8. The molecule has 0 saturated carbocycles. The molecule has 8 nitrogen and oxygen atoms in total. The van der Waals surface area contributed by atoms with Gasteiger partial charge >= 0.3 is 5.97 Å². The number of aromatic nitrogens is 3. The molecule has 0 aliphatic heterocycles. The summed E-state index contributed by atoms with van der Waals surface area (Å²) in [5, 5.41) is 19.2. The first kappa shape index (κ1) is 17.9. The third kappa shape index (κ3) is 4.53. The van der Waals surface area contributed by atoms with Gasteiger partial charge in [0.25, 0.3) is 0 Å². The molecule has 0 fully saturated rings. The topological polar surface area (TPSA) is 106 Å². The Hall–Kier alpha value is -2.45. The van der Waals surface area contributed by atoms with Crippen LogP contribution in [0.3, 0.4) is 0 Å². The Bertz CT molecular complexity index is 717. The number of carboxylic acid groups (broad SMARTS) is 1. The summed E-state index contributed by atoms with van der Waals surface area (Å²) in [7, 11) is 1.55. The molecule has 2 rings (SSSR count). The second-order valence-corrected chi connectivity index (χ2v) is 5.61. The maximum absolute atomic E-state index is 12.1. The quantitative estimate of drug-likeness (QED) is 0.782. The minimum absolute atomic E-state index is 0.137. The Morgan fingerprint density at radius 2 is 2.04 bits per heavy atom. The summed E-state index contributed by atoms with van der Waals surface area (Å²) in [6.07, 6.45) is 0.844. The van der Waals surface area contributed by atoms with Gasteiger partial charge in [-0.05, 0) is 24.6 Å². The Morgan fingerprint density at radius 3 is 2.58 bits per heavy atom. The van der Waals surface area contributed by atoms with Gasteiger partial charge in [-0.2, -0.15) is 0 Å². The molecule has 1 heterocycles. The van der Waals surface area contributed by atoms with Crippen LogP contribution in [0.15, 0.2) is 30.5 Å². The lowest BCUT2D eigenvalue weighted by atomic mass is 10.0. The molecule has 0 radical (unpaired) electrons. The van der Waals surface area contributed by atoms with Gasteiger partial charge in [0.15, 0.2) is 5.69 Å². The molecule has 0 aliphatic rings. The van der Waals surface area contributed by atoms with Crippen LogP contribution in [0.1, 0.15) is 29.1 Å². The van der Waals surface area contributed by atoms with Crippen molar-refractivity contribution in [1.29, 1.82) is 0 Å². The summed E-state index contributed by atoms with van der Waals surface area (Å²) in [6.45, 7) is 1.67. The maximum atomic E-state index is 12.1. The lowest BCUT2D eigenvalue weighted by Crippen LogP contribution is -2.39. The van der Waals surface area contributed by atoms with E-state index in [0.29, 0.717) is 5.02 Å². The van der Waals surface area contributed by atoms with Gasteiger partial charge in [-0.25, -0.2) is 9.48 Å². The van der Waals surface area contributed by atoms with E-state index in [1.54, 1.807) is 19.2 Å². The van der Waals surface area contributed by atoms with Crippen molar-refractivity contribution < 1.29 is 19.4 Å². The third-order valence-electron chi connectivity index (χ3n) is 3.36. The molecule has 128 valence electrons. The molecule has 2 N–H and O–H groups in total. The number of aromatic carboxylic acids is 1. The third-order valence-corrected chi connectivity index (χ3v) is 3.61. The zero-order valence-corrected chi connectivity index (χ0v) is 13.9. The molecule has 1 amide bonds. The maximum Gasteiger partial charge on any atom is 0.358 e. The van der Waals surface area contributed by atoms with E-state index < -0.39 is 5.97 Å². The average Bonchev–Trinajstić information content (AvgIpc) is 2.98. The SMILES string of the molecule is COC(c1ccc(Cl)cc1)C(C)NC(=O)Cn1cc(C(=O)O)nn1. The van der Waals surface area contributed by atoms with E-state index in [-0.39, 0.29) is 30.3 Å². The highest BCUT2D eigenvalue weighted by atomic mass is 35.5. The lowest BCUT2D eigenvalue weighted by molar-refractivity contribution is -0.123. The number of nitrogens with one attached hydrogen (secondary N) is 1. The summed E-state index contributed by atoms with van der Waals surface area (Å²) in [5.74, 6) is -1.53. The number of amides is 1. The fraction of sp³-hybridized carbons (Fsp3) is 0.333. The zero-order valence-electron chi connectivity index (χ0n) is 13.1. The minimum atomic E-state index is -1.20. The van der Waals surface area contributed by atoms with Crippen LogP contribution in [0.4, 0.5) is 0 Å². The summed E-state index contributed by atoms with van der Waals surface area (Å²) in [6, 6.07) is 6.84. The van der Waals surface area contributed by atoms with Crippen molar-refractivity contribution in [3.05, 3.63) is 46.7 Å². The van der Waals surface area contributed by atoms with Crippen LogP contribution >= 0.6 is 11.6 Å². The number of methoxy groups -OCH3 is 1. The van der Waals surface area contributed by atoms with E-state index in [1.807, 2.05) is 19.1 Å². The molecular weight excluding hydrogens is 336 g/mol. The highest BCUT2D eigenvalue weighted by Gasteiger charge is 2.21. The number of hydrogen-bond donors (Lipinski definition) is 2. The second kappa shape index (κ2) is 7.89. The van der Waals surface area contributed by atoms with Crippen LogP contribution in [-0.4, -0.2) is 45.1 Å². The second-order valence-electron chi connectivity index (χ2n) is 5.17. The first-order chi connectivity index (χ1) is 11.4. The molecule has 1 aromatic heterocycles. The lowest BCUT2D eigenvalue weighted by Gasteiger charge is -2.24. The smallest absolute Gasteiger partial charge is 0.358 e. The van der Waals surface area contributed by atoms with E-state index >= 15 is 0 Å². The monoisotopic (exact) mass is 352 g/mol. The minimum Gasteiger partial charge on any atom is -0.476 e. The predicted molar refractivity (Wildman–Crippen MR) is 85.8 cm³/mol.